The zero-order valence-electron chi connectivity index (χ0n) is 19.8. The van der Waals surface area contributed by atoms with Gasteiger partial charge in [0.05, 0.1) is 0 Å². The third kappa shape index (κ3) is 14.2. The molecule has 0 aromatic rings. The monoisotopic (exact) mass is 438 g/mol. The van der Waals surface area contributed by atoms with Crippen LogP contribution in [0.15, 0.2) is 0 Å². The molecule has 1 atom stereocenters. The highest BCUT2D eigenvalue weighted by molar-refractivity contribution is 5.85. The fourth-order valence-electron chi connectivity index (χ4n) is 4.30. The first-order valence-corrected chi connectivity index (χ1v) is 12.8. The van der Waals surface area contributed by atoms with Gasteiger partial charge in [0.15, 0.2) is 0 Å². The maximum absolute atomic E-state index is 12.3. The van der Waals surface area contributed by atoms with Crippen molar-refractivity contribution in [2.75, 3.05) is 6.54 Å². The van der Waals surface area contributed by atoms with Gasteiger partial charge in [-0.15, -0.1) is 0 Å². The van der Waals surface area contributed by atoms with Crippen molar-refractivity contribution < 1.29 is 19.5 Å². The predicted octanol–water partition coefficient (Wildman–Crippen LogP) is 5.34. The number of carbonyl (C=O) groups is 3. The molecule has 180 valence electrons. The standard InChI is InChI=1S/C25H46N2O4/c1-2-3-4-5-6-7-8-9-13-19-23(28)26-20-15-14-18-22(25(30)31)27-24(29)21-16-11-10-12-17-21/h21-22H,2-20H2,1H3,(H,26,28)(H,27,29)(H,30,31)/t22-/m0/s1. The molecule has 0 heterocycles. The summed E-state index contributed by atoms with van der Waals surface area (Å²) in [5, 5.41) is 15.0. The summed E-state index contributed by atoms with van der Waals surface area (Å²) in [5.74, 6) is -1.03. The molecule has 6 heteroatoms. The first-order valence-electron chi connectivity index (χ1n) is 12.8. The number of aliphatic carboxylic acids is 1. The number of carboxylic acids is 1. The summed E-state index contributed by atoms with van der Waals surface area (Å²) in [5.41, 5.74) is 0. The molecule has 0 unspecified atom stereocenters. The SMILES string of the molecule is CCCCCCCCCCCC(=O)NCCCC[C@H](NC(=O)C1CCCCC1)C(=O)O. The summed E-state index contributed by atoms with van der Waals surface area (Å²) in [6, 6.07) is -0.827. The molecule has 2 amide bonds. The number of hydrogen-bond acceptors (Lipinski definition) is 3. The van der Waals surface area contributed by atoms with E-state index in [0.717, 1.165) is 51.4 Å². The molecule has 0 saturated heterocycles. The van der Waals surface area contributed by atoms with Gasteiger partial charge in [-0.1, -0.05) is 77.6 Å². The van der Waals surface area contributed by atoms with E-state index in [4.69, 9.17) is 0 Å². The van der Waals surface area contributed by atoms with Crippen LogP contribution in [0.4, 0.5) is 0 Å². The van der Waals surface area contributed by atoms with E-state index >= 15 is 0 Å². The lowest BCUT2D eigenvalue weighted by atomic mass is 9.88. The minimum atomic E-state index is -0.974. The molecule has 31 heavy (non-hydrogen) atoms. The van der Waals surface area contributed by atoms with E-state index in [1.165, 1.54) is 44.9 Å². The molecule has 1 aliphatic rings. The highest BCUT2D eigenvalue weighted by Gasteiger charge is 2.26. The molecule has 1 rings (SSSR count). The lowest BCUT2D eigenvalue weighted by Crippen LogP contribution is -2.44. The summed E-state index contributed by atoms with van der Waals surface area (Å²) in [4.78, 5) is 35.7. The normalized spacial score (nSPS) is 15.4. The lowest BCUT2D eigenvalue weighted by Gasteiger charge is -2.23. The van der Waals surface area contributed by atoms with Gasteiger partial charge < -0.3 is 15.7 Å². The Morgan fingerprint density at radius 3 is 2.06 bits per heavy atom. The second kappa shape index (κ2) is 18.0. The van der Waals surface area contributed by atoms with Crippen LogP contribution in [0.1, 0.15) is 122 Å². The largest absolute Gasteiger partial charge is 0.480 e. The minimum absolute atomic E-state index is 0.0315. The van der Waals surface area contributed by atoms with Crippen LogP contribution in [-0.4, -0.2) is 35.5 Å². The Bertz CT molecular complexity index is 504. The lowest BCUT2D eigenvalue weighted by molar-refractivity contribution is -0.142. The van der Waals surface area contributed by atoms with Crippen molar-refractivity contribution in [1.29, 1.82) is 0 Å². The average molecular weight is 439 g/mol. The summed E-state index contributed by atoms with van der Waals surface area (Å²) < 4.78 is 0. The van der Waals surface area contributed by atoms with E-state index in [1.807, 2.05) is 0 Å². The quantitative estimate of drug-likeness (QED) is 0.252. The van der Waals surface area contributed by atoms with Gasteiger partial charge in [-0.3, -0.25) is 9.59 Å². The van der Waals surface area contributed by atoms with Gasteiger partial charge in [-0.25, -0.2) is 4.79 Å². The van der Waals surface area contributed by atoms with Gasteiger partial charge in [0, 0.05) is 18.9 Å². The third-order valence-corrected chi connectivity index (χ3v) is 6.34. The Kier molecular flexibility index (Phi) is 16.0. The molecule has 1 aliphatic carbocycles. The topological polar surface area (TPSA) is 95.5 Å². The van der Waals surface area contributed by atoms with E-state index in [0.29, 0.717) is 25.8 Å². The Balaban J connectivity index is 2.02. The molecule has 1 saturated carbocycles. The van der Waals surface area contributed by atoms with Crippen molar-refractivity contribution in [2.45, 2.75) is 129 Å². The van der Waals surface area contributed by atoms with Gasteiger partial charge in [0.2, 0.25) is 11.8 Å². The molecule has 0 spiro atoms. The van der Waals surface area contributed by atoms with Gasteiger partial charge in [0.25, 0.3) is 0 Å². The fraction of sp³-hybridized carbons (Fsp3) is 0.880. The Morgan fingerprint density at radius 2 is 1.45 bits per heavy atom. The van der Waals surface area contributed by atoms with Gasteiger partial charge in [0.1, 0.15) is 6.04 Å². The molecule has 1 fully saturated rings. The number of unbranched alkanes of at least 4 members (excludes halogenated alkanes) is 9. The van der Waals surface area contributed by atoms with Gasteiger partial charge in [-0.05, 0) is 38.5 Å². The van der Waals surface area contributed by atoms with E-state index in [2.05, 4.69) is 17.6 Å². The smallest absolute Gasteiger partial charge is 0.326 e. The minimum Gasteiger partial charge on any atom is -0.480 e. The van der Waals surface area contributed by atoms with Crippen molar-refractivity contribution in [3.8, 4) is 0 Å². The Morgan fingerprint density at radius 1 is 0.839 bits per heavy atom. The van der Waals surface area contributed by atoms with Crippen molar-refractivity contribution in [1.82, 2.24) is 10.6 Å². The molecular weight excluding hydrogens is 392 g/mol. The summed E-state index contributed by atoms with van der Waals surface area (Å²) >= 11 is 0. The van der Waals surface area contributed by atoms with E-state index in [9.17, 15) is 19.5 Å². The van der Waals surface area contributed by atoms with Crippen LogP contribution in [0.3, 0.4) is 0 Å². The number of amides is 2. The van der Waals surface area contributed by atoms with Crippen LogP contribution in [0.2, 0.25) is 0 Å². The van der Waals surface area contributed by atoms with Crippen molar-refractivity contribution >= 4 is 17.8 Å². The van der Waals surface area contributed by atoms with Crippen molar-refractivity contribution in [3.05, 3.63) is 0 Å². The summed E-state index contributed by atoms with van der Waals surface area (Å²) in [6.07, 6.45) is 18.5. The Labute approximate surface area is 189 Å². The van der Waals surface area contributed by atoms with Crippen LogP contribution in [0, 0.1) is 5.92 Å². The van der Waals surface area contributed by atoms with E-state index < -0.39 is 12.0 Å². The summed E-state index contributed by atoms with van der Waals surface area (Å²) in [7, 11) is 0. The molecule has 3 N–H and O–H groups in total. The second-order valence-electron chi connectivity index (χ2n) is 9.16. The molecule has 0 radical (unpaired) electrons. The zero-order valence-corrected chi connectivity index (χ0v) is 19.8. The molecule has 0 aromatic carbocycles. The fourth-order valence-corrected chi connectivity index (χ4v) is 4.30. The van der Waals surface area contributed by atoms with Crippen LogP contribution < -0.4 is 10.6 Å². The third-order valence-electron chi connectivity index (χ3n) is 6.34. The molecule has 0 bridgehead atoms. The van der Waals surface area contributed by atoms with Crippen molar-refractivity contribution in [2.24, 2.45) is 5.92 Å². The average Bonchev–Trinajstić information content (AvgIpc) is 2.77. The number of nitrogens with one attached hydrogen (secondary N) is 2. The zero-order chi connectivity index (χ0) is 22.7. The predicted molar refractivity (Wildman–Crippen MR) is 125 cm³/mol. The molecule has 6 nitrogen and oxygen atoms in total. The van der Waals surface area contributed by atoms with Crippen LogP contribution >= 0.6 is 0 Å². The summed E-state index contributed by atoms with van der Waals surface area (Å²) in [6.45, 7) is 2.80. The maximum Gasteiger partial charge on any atom is 0.326 e. The number of hydrogen-bond donors (Lipinski definition) is 3. The van der Waals surface area contributed by atoms with Crippen molar-refractivity contribution in [3.63, 3.8) is 0 Å². The highest BCUT2D eigenvalue weighted by atomic mass is 16.4. The molecule has 0 aliphatic heterocycles. The van der Waals surface area contributed by atoms with E-state index in [1.54, 1.807) is 0 Å². The first kappa shape index (κ1) is 27.4. The number of carboxylic acid groups (broad SMARTS) is 1. The molecule has 0 aromatic heterocycles. The van der Waals surface area contributed by atoms with Gasteiger partial charge in [-0.2, -0.15) is 0 Å². The second-order valence-corrected chi connectivity index (χ2v) is 9.16. The van der Waals surface area contributed by atoms with Crippen LogP contribution in [0.25, 0.3) is 0 Å². The first-order chi connectivity index (χ1) is 15.0. The number of carbonyl (C=O) groups excluding carboxylic acids is 2. The van der Waals surface area contributed by atoms with Crippen LogP contribution in [0.5, 0.6) is 0 Å². The van der Waals surface area contributed by atoms with Crippen LogP contribution in [-0.2, 0) is 14.4 Å². The molecular formula is C25H46N2O4. The number of rotatable bonds is 18. The highest BCUT2D eigenvalue weighted by Crippen LogP contribution is 2.24. The van der Waals surface area contributed by atoms with Gasteiger partial charge >= 0.3 is 5.97 Å². The maximum atomic E-state index is 12.3. The van der Waals surface area contributed by atoms with E-state index in [-0.39, 0.29) is 17.7 Å². The Hall–Kier alpha value is -1.59.